The summed E-state index contributed by atoms with van der Waals surface area (Å²) in [6.45, 7) is 7.60. The van der Waals surface area contributed by atoms with E-state index in [1.807, 2.05) is 20.8 Å². The van der Waals surface area contributed by atoms with Gasteiger partial charge < -0.3 is 15.0 Å². The molecule has 0 aromatic carbocycles. The van der Waals surface area contributed by atoms with Crippen molar-refractivity contribution in [2.45, 2.75) is 46.2 Å². The molecule has 2 atom stereocenters. The number of hydrogen-bond acceptors (Lipinski definition) is 4. The van der Waals surface area contributed by atoms with E-state index in [4.69, 9.17) is 0 Å². The zero-order chi connectivity index (χ0) is 14.8. The third kappa shape index (κ3) is 3.45. The monoisotopic (exact) mass is 270 g/mol. The summed E-state index contributed by atoms with van der Waals surface area (Å²) in [5, 5.41) is 2.56. The average molecular weight is 270 g/mol. The Morgan fingerprint density at radius 3 is 2.26 bits per heavy atom. The van der Waals surface area contributed by atoms with Gasteiger partial charge in [-0.15, -0.1) is 0 Å². The molecule has 0 unspecified atom stereocenters. The highest BCUT2D eigenvalue weighted by Crippen LogP contribution is 2.26. The number of carbonyl (C=O) groups excluding carboxylic acids is 3. The van der Waals surface area contributed by atoms with Gasteiger partial charge in [-0.2, -0.15) is 0 Å². The van der Waals surface area contributed by atoms with Crippen molar-refractivity contribution < 1.29 is 19.1 Å². The fraction of sp³-hybridized carbons (Fsp3) is 0.769. The third-order valence-electron chi connectivity index (χ3n) is 3.14. The number of esters is 1. The van der Waals surface area contributed by atoms with Gasteiger partial charge in [0.25, 0.3) is 0 Å². The lowest BCUT2D eigenvalue weighted by molar-refractivity contribution is -0.155. The molecule has 2 amide bonds. The number of nitrogens with one attached hydrogen (secondary N) is 1. The largest absolute Gasteiger partial charge is 0.467 e. The Bertz CT molecular complexity index is 387. The van der Waals surface area contributed by atoms with Crippen LogP contribution >= 0.6 is 0 Å². The number of ether oxygens (including phenoxy) is 1. The summed E-state index contributed by atoms with van der Waals surface area (Å²) in [5.41, 5.74) is -0.507. The number of rotatable bonds is 3. The fourth-order valence-corrected chi connectivity index (χ4v) is 1.88. The molecule has 0 saturated carbocycles. The van der Waals surface area contributed by atoms with E-state index in [9.17, 15) is 14.4 Å². The van der Waals surface area contributed by atoms with Crippen LogP contribution in [0.2, 0.25) is 0 Å². The van der Waals surface area contributed by atoms with Crippen LogP contribution in [0.25, 0.3) is 0 Å². The van der Waals surface area contributed by atoms with Crippen LogP contribution in [0, 0.1) is 5.41 Å². The molecule has 0 aromatic heterocycles. The standard InChI is InChI=1S/C13H22N2O4/c1-8(11(17)19-5)14-10(16)9-6-7-15(9)12(18)13(2,3)4/h8-9H,6-7H2,1-5H3,(H,14,16)/t8-,9-/m0/s1. The number of likely N-dealkylation sites (tertiary alicyclic amines) is 1. The van der Waals surface area contributed by atoms with Crippen LogP contribution in [-0.4, -0.2) is 48.4 Å². The molecular formula is C13H22N2O4. The molecule has 0 radical (unpaired) electrons. The molecule has 6 nitrogen and oxygen atoms in total. The van der Waals surface area contributed by atoms with E-state index in [0.29, 0.717) is 13.0 Å². The zero-order valence-corrected chi connectivity index (χ0v) is 12.1. The smallest absolute Gasteiger partial charge is 0.328 e. The van der Waals surface area contributed by atoms with Gasteiger partial charge in [0, 0.05) is 12.0 Å². The molecular weight excluding hydrogens is 248 g/mol. The van der Waals surface area contributed by atoms with Crippen molar-refractivity contribution in [1.82, 2.24) is 10.2 Å². The number of hydrogen-bond donors (Lipinski definition) is 1. The molecule has 6 heteroatoms. The Kier molecular flexibility index (Phi) is 4.55. The molecule has 19 heavy (non-hydrogen) atoms. The zero-order valence-electron chi connectivity index (χ0n) is 12.1. The van der Waals surface area contributed by atoms with Crippen LogP contribution in [0.1, 0.15) is 34.1 Å². The molecule has 0 spiro atoms. The molecule has 1 saturated heterocycles. The van der Waals surface area contributed by atoms with Crippen molar-refractivity contribution in [3.63, 3.8) is 0 Å². The van der Waals surface area contributed by atoms with Crippen LogP contribution < -0.4 is 5.32 Å². The van der Waals surface area contributed by atoms with Crippen LogP contribution in [0.3, 0.4) is 0 Å². The first-order valence-electron chi connectivity index (χ1n) is 6.37. The molecule has 1 aliphatic rings. The maximum atomic E-state index is 12.1. The van der Waals surface area contributed by atoms with Gasteiger partial charge in [0.1, 0.15) is 12.1 Å². The molecule has 1 fully saturated rings. The fourth-order valence-electron chi connectivity index (χ4n) is 1.88. The van der Waals surface area contributed by atoms with Crippen molar-refractivity contribution in [1.29, 1.82) is 0 Å². The molecule has 108 valence electrons. The Morgan fingerprint density at radius 1 is 1.32 bits per heavy atom. The quantitative estimate of drug-likeness (QED) is 0.749. The van der Waals surface area contributed by atoms with E-state index >= 15 is 0 Å². The van der Waals surface area contributed by atoms with Crippen molar-refractivity contribution in [2.75, 3.05) is 13.7 Å². The first-order valence-corrected chi connectivity index (χ1v) is 6.37. The second-order valence-electron chi connectivity index (χ2n) is 5.81. The minimum Gasteiger partial charge on any atom is -0.467 e. The van der Waals surface area contributed by atoms with E-state index in [2.05, 4.69) is 10.1 Å². The maximum Gasteiger partial charge on any atom is 0.328 e. The van der Waals surface area contributed by atoms with E-state index in [-0.39, 0.29) is 11.8 Å². The topological polar surface area (TPSA) is 75.7 Å². The SMILES string of the molecule is COC(=O)[C@H](C)NC(=O)[C@@H]1CCN1C(=O)C(C)(C)C. The van der Waals surface area contributed by atoms with E-state index in [1.54, 1.807) is 11.8 Å². The van der Waals surface area contributed by atoms with Crippen LogP contribution in [0.15, 0.2) is 0 Å². The first-order chi connectivity index (χ1) is 8.68. The lowest BCUT2D eigenvalue weighted by atomic mass is 9.90. The Hall–Kier alpha value is -1.59. The Balaban J connectivity index is 2.60. The second kappa shape index (κ2) is 5.59. The van der Waals surface area contributed by atoms with E-state index in [0.717, 1.165) is 0 Å². The second-order valence-corrected chi connectivity index (χ2v) is 5.81. The van der Waals surface area contributed by atoms with Crippen LogP contribution in [0.4, 0.5) is 0 Å². The summed E-state index contributed by atoms with van der Waals surface area (Å²) in [5.74, 6) is -0.854. The summed E-state index contributed by atoms with van der Waals surface area (Å²) < 4.78 is 4.54. The van der Waals surface area contributed by atoms with Gasteiger partial charge in [-0.05, 0) is 13.3 Å². The summed E-state index contributed by atoms with van der Waals surface area (Å²) in [6.07, 6.45) is 0.627. The Labute approximate surface area is 113 Å². The maximum absolute atomic E-state index is 12.1. The third-order valence-corrected chi connectivity index (χ3v) is 3.14. The van der Waals surface area contributed by atoms with Gasteiger partial charge >= 0.3 is 5.97 Å². The molecule has 0 aliphatic carbocycles. The minimum absolute atomic E-state index is 0.0513. The lowest BCUT2D eigenvalue weighted by Gasteiger charge is -2.43. The highest BCUT2D eigenvalue weighted by atomic mass is 16.5. The number of amides is 2. The molecule has 0 aromatic rings. The van der Waals surface area contributed by atoms with Crippen molar-refractivity contribution >= 4 is 17.8 Å². The van der Waals surface area contributed by atoms with Crippen LogP contribution in [0.5, 0.6) is 0 Å². The minimum atomic E-state index is -0.704. The van der Waals surface area contributed by atoms with Crippen molar-refractivity contribution in [3.8, 4) is 0 Å². The van der Waals surface area contributed by atoms with E-state index in [1.165, 1.54) is 7.11 Å². The normalized spacial score (nSPS) is 20.3. The predicted molar refractivity (Wildman–Crippen MR) is 69.2 cm³/mol. The predicted octanol–water partition coefficient (Wildman–Crippen LogP) is 0.311. The number of methoxy groups -OCH3 is 1. The summed E-state index contributed by atoms with van der Waals surface area (Å²) in [4.78, 5) is 36.9. The molecule has 0 bridgehead atoms. The number of carbonyl (C=O) groups is 3. The highest BCUT2D eigenvalue weighted by molar-refractivity contribution is 5.93. The first kappa shape index (κ1) is 15.5. The average Bonchev–Trinajstić information content (AvgIpc) is 2.24. The number of nitrogens with zero attached hydrogens (tertiary/aromatic N) is 1. The Morgan fingerprint density at radius 2 is 1.89 bits per heavy atom. The van der Waals surface area contributed by atoms with Gasteiger partial charge in [0.2, 0.25) is 11.8 Å². The van der Waals surface area contributed by atoms with Gasteiger partial charge in [-0.3, -0.25) is 9.59 Å². The van der Waals surface area contributed by atoms with Gasteiger partial charge in [-0.25, -0.2) is 4.79 Å². The van der Waals surface area contributed by atoms with Crippen LogP contribution in [-0.2, 0) is 19.1 Å². The molecule has 1 rings (SSSR count). The van der Waals surface area contributed by atoms with Gasteiger partial charge in [0.15, 0.2) is 0 Å². The highest BCUT2D eigenvalue weighted by Gasteiger charge is 2.41. The van der Waals surface area contributed by atoms with Gasteiger partial charge in [-0.1, -0.05) is 20.8 Å². The molecule has 1 heterocycles. The van der Waals surface area contributed by atoms with Crippen molar-refractivity contribution in [2.24, 2.45) is 5.41 Å². The summed E-state index contributed by atoms with van der Waals surface area (Å²) in [7, 11) is 1.27. The lowest BCUT2D eigenvalue weighted by Crippen LogP contribution is -2.61. The summed E-state index contributed by atoms with van der Waals surface area (Å²) in [6, 6.07) is -1.18. The molecule has 1 N–H and O–H groups in total. The van der Waals surface area contributed by atoms with Crippen molar-refractivity contribution in [3.05, 3.63) is 0 Å². The van der Waals surface area contributed by atoms with E-state index < -0.39 is 23.5 Å². The molecule has 1 aliphatic heterocycles. The summed E-state index contributed by atoms with van der Waals surface area (Å²) >= 11 is 0. The van der Waals surface area contributed by atoms with Gasteiger partial charge in [0.05, 0.1) is 7.11 Å².